The summed E-state index contributed by atoms with van der Waals surface area (Å²) in [7, 11) is -3.86. The van der Waals surface area contributed by atoms with Crippen LogP contribution in [0.3, 0.4) is 0 Å². The summed E-state index contributed by atoms with van der Waals surface area (Å²) in [6.07, 6.45) is 5.08. The van der Waals surface area contributed by atoms with Crippen LogP contribution in [-0.2, 0) is 14.8 Å². The number of carboxylic acids is 1. The molecule has 0 unspecified atom stereocenters. The molecule has 0 spiro atoms. The number of carbonyl (C=O) groups is 1. The third-order valence-electron chi connectivity index (χ3n) is 6.48. The van der Waals surface area contributed by atoms with Crippen molar-refractivity contribution in [2.24, 2.45) is 5.92 Å². The van der Waals surface area contributed by atoms with Gasteiger partial charge in [0, 0.05) is 21.5 Å². The lowest BCUT2D eigenvalue weighted by atomic mass is 9.90. The lowest BCUT2D eigenvalue weighted by molar-refractivity contribution is -0.143. The van der Waals surface area contributed by atoms with E-state index in [0.717, 1.165) is 28.4 Å². The van der Waals surface area contributed by atoms with E-state index in [-0.39, 0.29) is 16.7 Å². The highest BCUT2D eigenvalue weighted by Crippen LogP contribution is 2.45. The summed E-state index contributed by atoms with van der Waals surface area (Å²) in [5.41, 5.74) is 1.86. The number of piperidine rings is 1. The topological polar surface area (TPSA) is 74.7 Å². The number of carboxylic acid groups (broad SMARTS) is 1. The van der Waals surface area contributed by atoms with Crippen LogP contribution in [0.5, 0.6) is 0 Å². The van der Waals surface area contributed by atoms with Gasteiger partial charge < -0.3 is 5.11 Å². The molecule has 1 N–H and O–H groups in total. The molecule has 0 bridgehead atoms. The molecule has 2 fully saturated rings. The standard InChI is InChI=1S/C24H28BrNO4S2/c1-16-9-11-20(12-10-16)32(29,30)26-15-21(24(27)28)23(31-19-7-2-3-8-19)14-22(26)17-5-4-6-18(25)13-17/h4-6,9-13,19,21-23H,2-3,7-8,14-15H2,1H3,(H,27,28)/t21-,22+,23-/m1/s1. The van der Waals surface area contributed by atoms with Gasteiger partial charge in [0.2, 0.25) is 10.0 Å². The van der Waals surface area contributed by atoms with E-state index >= 15 is 0 Å². The van der Waals surface area contributed by atoms with Crippen molar-refractivity contribution in [1.82, 2.24) is 4.31 Å². The predicted octanol–water partition coefficient (Wildman–Crippen LogP) is 5.64. The van der Waals surface area contributed by atoms with Crippen LogP contribution in [0.25, 0.3) is 0 Å². The summed E-state index contributed by atoms with van der Waals surface area (Å²) in [5, 5.41) is 10.4. The second-order valence-corrected chi connectivity index (χ2v) is 13.1. The Bertz CT molecular complexity index is 1070. The zero-order valence-corrected chi connectivity index (χ0v) is 21.2. The van der Waals surface area contributed by atoms with Crippen LogP contribution < -0.4 is 0 Å². The number of hydrogen-bond acceptors (Lipinski definition) is 4. The minimum absolute atomic E-state index is 0.0207. The van der Waals surface area contributed by atoms with Gasteiger partial charge in [-0.25, -0.2) is 8.42 Å². The molecule has 0 radical (unpaired) electrons. The maximum atomic E-state index is 13.7. The fraction of sp³-hybridized carbons (Fsp3) is 0.458. The van der Waals surface area contributed by atoms with Crippen molar-refractivity contribution < 1.29 is 18.3 Å². The highest BCUT2D eigenvalue weighted by molar-refractivity contribution is 9.10. The van der Waals surface area contributed by atoms with Crippen molar-refractivity contribution in [3.63, 3.8) is 0 Å². The molecule has 2 aromatic rings. The average Bonchev–Trinajstić information content (AvgIpc) is 3.26. The molecule has 1 aliphatic carbocycles. The van der Waals surface area contributed by atoms with Gasteiger partial charge in [0.15, 0.2) is 0 Å². The molecule has 1 heterocycles. The van der Waals surface area contributed by atoms with Crippen molar-refractivity contribution in [2.75, 3.05) is 6.54 Å². The minimum atomic E-state index is -3.86. The van der Waals surface area contributed by atoms with Crippen molar-refractivity contribution in [3.8, 4) is 0 Å². The maximum absolute atomic E-state index is 13.7. The van der Waals surface area contributed by atoms with Gasteiger partial charge in [-0.1, -0.05) is 58.6 Å². The van der Waals surface area contributed by atoms with Crippen LogP contribution in [0.2, 0.25) is 0 Å². The van der Waals surface area contributed by atoms with Gasteiger partial charge in [-0.15, -0.1) is 0 Å². The highest BCUT2D eigenvalue weighted by atomic mass is 79.9. The molecular weight excluding hydrogens is 510 g/mol. The predicted molar refractivity (Wildman–Crippen MR) is 131 cm³/mol. The molecule has 4 rings (SSSR count). The Morgan fingerprint density at radius 1 is 1.12 bits per heavy atom. The molecule has 8 heteroatoms. The Morgan fingerprint density at radius 3 is 2.44 bits per heavy atom. The van der Waals surface area contributed by atoms with Gasteiger partial charge in [-0.3, -0.25) is 4.79 Å². The second kappa shape index (κ2) is 9.87. The molecule has 2 aliphatic rings. The van der Waals surface area contributed by atoms with Gasteiger partial charge in [-0.05, 0) is 56.0 Å². The number of rotatable bonds is 6. The first-order valence-electron chi connectivity index (χ1n) is 11.0. The van der Waals surface area contributed by atoms with E-state index in [4.69, 9.17) is 0 Å². The Balaban J connectivity index is 1.73. The smallest absolute Gasteiger partial charge is 0.308 e. The monoisotopic (exact) mass is 537 g/mol. The lowest BCUT2D eigenvalue weighted by Gasteiger charge is -2.42. The van der Waals surface area contributed by atoms with Crippen LogP contribution in [0.15, 0.2) is 57.9 Å². The van der Waals surface area contributed by atoms with E-state index in [0.29, 0.717) is 11.7 Å². The maximum Gasteiger partial charge on any atom is 0.308 e. The van der Waals surface area contributed by atoms with Gasteiger partial charge >= 0.3 is 5.97 Å². The van der Waals surface area contributed by atoms with Crippen molar-refractivity contribution in [1.29, 1.82) is 0 Å². The number of hydrogen-bond donors (Lipinski definition) is 1. The van der Waals surface area contributed by atoms with Gasteiger partial charge in [0.05, 0.1) is 16.9 Å². The summed E-state index contributed by atoms with van der Waals surface area (Å²) in [5.74, 6) is -1.65. The normalized spacial score (nSPS) is 25.1. The first-order chi connectivity index (χ1) is 15.3. The molecule has 1 aliphatic heterocycles. The Morgan fingerprint density at radius 2 is 1.81 bits per heavy atom. The summed E-state index contributed by atoms with van der Waals surface area (Å²) >= 11 is 5.27. The summed E-state index contributed by atoms with van der Waals surface area (Å²) in [6.45, 7) is 1.89. The van der Waals surface area contributed by atoms with Gasteiger partial charge in [0.25, 0.3) is 0 Å². The summed E-state index contributed by atoms with van der Waals surface area (Å²) in [6, 6.07) is 14.1. The van der Waals surface area contributed by atoms with E-state index in [9.17, 15) is 18.3 Å². The fourth-order valence-electron chi connectivity index (χ4n) is 4.73. The van der Waals surface area contributed by atoms with E-state index in [1.165, 1.54) is 17.1 Å². The zero-order chi connectivity index (χ0) is 22.9. The van der Waals surface area contributed by atoms with Gasteiger partial charge in [-0.2, -0.15) is 16.1 Å². The number of thioether (sulfide) groups is 1. The van der Waals surface area contributed by atoms with Crippen LogP contribution >= 0.6 is 27.7 Å². The molecule has 5 nitrogen and oxygen atoms in total. The second-order valence-electron chi connectivity index (χ2n) is 8.72. The minimum Gasteiger partial charge on any atom is -0.481 e. The SMILES string of the molecule is Cc1ccc(S(=O)(=O)N2C[C@@H](C(=O)O)[C@H](SC3CCCC3)C[C@H]2c2cccc(Br)c2)cc1. The van der Waals surface area contributed by atoms with Crippen LogP contribution in [-0.4, -0.2) is 40.8 Å². The quantitative estimate of drug-likeness (QED) is 0.516. The van der Waals surface area contributed by atoms with E-state index < -0.39 is 28.0 Å². The highest BCUT2D eigenvalue weighted by Gasteiger charge is 2.46. The molecule has 0 aromatic heterocycles. The Labute approximate surface area is 202 Å². The molecule has 1 saturated carbocycles. The van der Waals surface area contributed by atoms with E-state index in [2.05, 4.69) is 15.9 Å². The lowest BCUT2D eigenvalue weighted by Crippen LogP contribution is -2.49. The summed E-state index contributed by atoms with van der Waals surface area (Å²) in [4.78, 5) is 12.5. The molecule has 32 heavy (non-hydrogen) atoms. The number of nitrogens with zero attached hydrogens (tertiary/aromatic N) is 1. The van der Waals surface area contributed by atoms with Crippen molar-refractivity contribution in [3.05, 3.63) is 64.1 Å². The third-order valence-corrected chi connectivity index (χ3v) is 10.6. The van der Waals surface area contributed by atoms with Crippen LogP contribution in [0, 0.1) is 12.8 Å². The average molecular weight is 539 g/mol. The van der Waals surface area contributed by atoms with Crippen molar-refractivity contribution >= 4 is 43.7 Å². The van der Waals surface area contributed by atoms with E-state index in [1.54, 1.807) is 36.0 Å². The largest absolute Gasteiger partial charge is 0.481 e. The Hall–Kier alpha value is -1.35. The number of aryl methyl sites for hydroxylation is 1. The van der Waals surface area contributed by atoms with Crippen LogP contribution in [0.1, 0.15) is 49.3 Å². The zero-order valence-electron chi connectivity index (χ0n) is 18.0. The first kappa shape index (κ1) is 23.8. The fourth-order valence-corrected chi connectivity index (χ4v) is 8.58. The van der Waals surface area contributed by atoms with Crippen LogP contribution in [0.4, 0.5) is 0 Å². The molecule has 0 amide bonds. The van der Waals surface area contributed by atoms with E-state index in [1.807, 2.05) is 31.2 Å². The molecule has 3 atom stereocenters. The number of benzene rings is 2. The van der Waals surface area contributed by atoms with Gasteiger partial charge in [0.1, 0.15) is 0 Å². The number of aliphatic carboxylic acids is 1. The summed E-state index contributed by atoms with van der Waals surface area (Å²) < 4.78 is 29.7. The number of sulfonamides is 1. The first-order valence-corrected chi connectivity index (χ1v) is 14.2. The Kier molecular flexibility index (Phi) is 7.34. The number of halogens is 1. The molecule has 2 aromatic carbocycles. The van der Waals surface area contributed by atoms with Crippen molar-refractivity contribution in [2.45, 2.75) is 60.5 Å². The molecule has 172 valence electrons. The third kappa shape index (κ3) is 5.08. The molecular formula is C24H28BrNO4S2. The molecule has 1 saturated heterocycles.